The molecule has 0 bridgehead atoms. The van der Waals surface area contributed by atoms with E-state index < -0.39 is 0 Å². The molecular formula is C19H34O3. The number of ether oxygens (including phenoxy) is 2. The Labute approximate surface area is 136 Å². The number of fused-ring (bicyclic) bond motifs is 1. The van der Waals surface area contributed by atoms with Crippen molar-refractivity contribution in [2.45, 2.75) is 92.0 Å². The third-order valence-electron chi connectivity index (χ3n) is 6.33. The summed E-state index contributed by atoms with van der Waals surface area (Å²) in [6, 6.07) is 0. The van der Waals surface area contributed by atoms with Crippen LogP contribution in [-0.2, 0) is 14.3 Å². The fourth-order valence-corrected chi connectivity index (χ4v) is 4.45. The highest BCUT2D eigenvalue weighted by atomic mass is 16.6. The second-order valence-corrected chi connectivity index (χ2v) is 8.22. The van der Waals surface area contributed by atoms with Crippen LogP contribution in [0, 0.1) is 23.2 Å². The zero-order chi connectivity index (χ0) is 16.5. The largest absolute Gasteiger partial charge is 0.460 e. The molecule has 0 aromatic heterocycles. The molecular weight excluding hydrogens is 276 g/mol. The highest BCUT2D eigenvalue weighted by molar-refractivity contribution is 5.66. The van der Waals surface area contributed by atoms with Crippen LogP contribution in [0.5, 0.6) is 0 Å². The van der Waals surface area contributed by atoms with E-state index in [9.17, 15) is 4.79 Å². The number of hydrogen-bond donors (Lipinski definition) is 0. The second kappa shape index (κ2) is 6.90. The molecule has 0 aromatic rings. The Hall–Kier alpha value is -0.570. The predicted octanol–water partition coefficient (Wildman–Crippen LogP) is 4.58. The predicted molar refractivity (Wildman–Crippen MR) is 88.6 cm³/mol. The van der Waals surface area contributed by atoms with Gasteiger partial charge in [0, 0.05) is 6.92 Å². The number of esters is 1. The lowest BCUT2D eigenvalue weighted by atomic mass is 9.61. The number of carbonyl (C=O) groups is 1. The van der Waals surface area contributed by atoms with Crippen LogP contribution in [0.1, 0.15) is 73.6 Å². The fourth-order valence-electron chi connectivity index (χ4n) is 4.45. The summed E-state index contributed by atoms with van der Waals surface area (Å²) in [5, 5.41) is 0. The summed E-state index contributed by atoms with van der Waals surface area (Å²) in [6.07, 6.45) is 6.23. The Morgan fingerprint density at radius 3 is 2.59 bits per heavy atom. The van der Waals surface area contributed by atoms with E-state index in [0.717, 1.165) is 12.8 Å². The van der Waals surface area contributed by atoms with Gasteiger partial charge in [0.25, 0.3) is 0 Å². The smallest absolute Gasteiger partial charge is 0.303 e. The number of rotatable bonds is 4. The molecule has 1 heterocycles. The molecule has 22 heavy (non-hydrogen) atoms. The molecule has 2 aliphatic rings. The van der Waals surface area contributed by atoms with E-state index in [1.54, 1.807) is 0 Å². The monoisotopic (exact) mass is 310 g/mol. The fraction of sp³-hybridized carbons (Fsp3) is 0.947. The zero-order valence-corrected chi connectivity index (χ0v) is 15.2. The SMILES string of the molecule is CCC1(C)CC2CCC(C(OC(C)=O)C(C)C)OC2CC1C. The van der Waals surface area contributed by atoms with Gasteiger partial charge in [0.05, 0.1) is 12.2 Å². The van der Waals surface area contributed by atoms with E-state index in [0.29, 0.717) is 29.3 Å². The first-order valence-electron chi connectivity index (χ1n) is 9.09. The first kappa shape index (κ1) is 17.8. The van der Waals surface area contributed by atoms with Gasteiger partial charge in [-0.3, -0.25) is 4.79 Å². The molecule has 1 aliphatic carbocycles. The highest BCUT2D eigenvalue weighted by Gasteiger charge is 2.46. The van der Waals surface area contributed by atoms with Crippen molar-refractivity contribution in [3.63, 3.8) is 0 Å². The minimum Gasteiger partial charge on any atom is -0.460 e. The van der Waals surface area contributed by atoms with Gasteiger partial charge in [-0.2, -0.15) is 0 Å². The van der Waals surface area contributed by atoms with Gasteiger partial charge in [-0.1, -0.05) is 41.0 Å². The van der Waals surface area contributed by atoms with Crippen LogP contribution < -0.4 is 0 Å². The molecule has 6 unspecified atom stereocenters. The third kappa shape index (κ3) is 3.67. The lowest BCUT2D eigenvalue weighted by molar-refractivity contribution is -0.189. The van der Waals surface area contributed by atoms with E-state index in [2.05, 4.69) is 34.6 Å². The van der Waals surface area contributed by atoms with Crippen molar-refractivity contribution in [3.05, 3.63) is 0 Å². The van der Waals surface area contributed by atoms with E-state index in [4.69, 9.17) is 9.47 Å². The standard InChI is InChI=1S/C19H34O3/c1-7-19(6)11-15-8-9-16(22-17(15)10-13(19)4)18(12(2)3)21-14(5)20/h12-13,15-18H,7-11H2,1-6H3. The maximum atomic E-state index is 11.4. The summed E-state index contributed by atoms with van der Waals surface area (Å²) < 4.78 is 12.0. The molecule has 3 nitrogen and oxygen atoms in total. The molecule has 0 spiro atoms. The van der Waals surface area contributed by atoms with Crippen LogP contribution in [0.4, 0.5) is 0 Å². The maximum Gasteiger partial charge on any atom is 0.303 e. The van der Waals surface area contributed by atoms with E-state index in [-0.39, 0.29) is 18.2 Å². The maximum absolute atomic E-state index is 11.4. The minimum atomic E-state index is -0.194. The van der Waals surface area contributed by atoms with E-state index in [1.165, 1.54) is 26.2 Å². The average molecular weight is 310 g/mol. The Morgan fingerprint density at radius 2 is 2.05 bits per heavy atom. The summed E-state index contributed by atoms with van der Waals surface area (Å²) in [6.45, 7) is 12.9. The van der Waals surface area contributed by atoms with Gasteiger partial charge in [-0.25, -0.2) is 0 Å². The van der Waals surface area contributed by atoms with Crippen molar-refractivity contribution in [1.29, 1.82) is 0 Å². The van der Waals surface area contributed by atoms with Gasteiger partial charge in [0.2, 0.25) is 0 Å². The van der Waals surface area contributed by atoms with Crippen LogP contribution in [0.15, 0.2) is 0 Å². The summed E-state index contributed by atoms with van der Waals surface area (Å²) in [5.74, 6) is 1.48. The molecule has 0 aromatic carbocycles. The molecule has 2 rings (SSSR count). The third-order valence-corrected chi connectivity index (χ3v) is 6.33. The molecule has 6 atom stereocenters. The summed E-state index contributed by atoms with van der Waals surface area (Å²) in [5.41, 5.74) is 0.463. The Balaban J connectivity index is 2.04. The van der Waals surface area contributed by atoms with Crippen molar-refractivity contribution in [2.24, 2.45) is 23.2 Å². The van der Waals surface area contributed by atoms with Gasteiger partial charge in [-0.05, 0) is 48.9 Å². The van der Waals surface area contributed by atoms with Gasteiger partial charge in [-0.15, -0.1) is 0 Å². The van der Waals surface area contributed by atoms with Crippen LogP contribution in [-0.4, -0.2) is 24.3 Å². The molecule has 1 aliphatic heterocycles. The molecule has 0 N–H and O–H groups in total. The molecule has 0 amide bonds. The minimum absolute atomic E-state index is 0.0725. The molecule has 1 saturated carbocycles. The second-order valence-electron chi connectivity index (χ2n) is 8.22. The molecule has 128 valence electrons. The summed E-state index contributed by atoms with van der Waals surface area (Å²) >= 11 is 0. The Morgan fingerprint density at radius 1 is 1.36 bits per heavy atom. The quantitative estimate of drug-likeness (QED) is 0.713. The van der Waals surface area contributed by atoms with Gasteiger partial charge in [0.1, 0.15) is 6.10 Å². The normalized spacial score (nSPS) is 40.1. The number of hydrogen-bond acceptors (Lipinski definition) is 3. The lowest BCUT2D eigenvalue weighted by Gasteiger charge is -2.51. The lowest BCUT2D eigenvalue weighted by Crippen LogP contribution is -2.50. The Kier molecular flexibility index (Phi) is 5.58. The zero-order valence-electron chi connectivity index (χ0n) is 15.2. The summed E-state index contributed by atoms with van der Waals surface area (Å²) in [7, 11) is 0. The molecule has 0 radical (unpaired) electrons. The van der Waals surface area contributed by atoms with Crippen LogP contribution in [0.25, 0.3) is 0 Å². The van der Waals surface area contributed by atoms with Gasteiger partial charge in [0.15, 0.2) is 0 Å². The Bertz CT molecular complexity index is 392. The molecule has 3 heteroatoms. The number of carbonyl (C=O) groups excluding carboxylic acids is 1. The van der Waals surface area contributed by atoms with Crippen molar-refractivity contribution >= 4 is 5.97 Å². The highest BCUT2D eigenvalue weighted by Crippen LogP contribution is 2.50. The molecule has 2 fully saturated rings. The first-order valence-corrected chi connectivity index (χ1v) is 9.09. The van der Waals surface area contributed by atoms with Crippen molar-refractivity contribution in [2.75, 3.05) is 0 Å². The van der Waals surface area contributed by atoms with Crippen molar-refractivity contribution in [1.82, 2.24) is 0 Å². The van der Waals surface area contributed by atoms with Crippen LogP contribution in [0.3, 0.4) is 0 Å². The van der Waals surface area contributed by atoms with E-state index in [1.807, 2.05) is 0 Å². The van der Waals surface area contributed by atoms with Crippen molar-refractivity contribution < 1.29 is 14.3 Å². The van der Waals surface area contributed by atoms with E-state index >= 15 is 0 Å². The molecule has 1 saturated heterocycles. The van der Waals surface area contributed by atoms with Gasteiger partial charge >= 0.3 is 5.97 Å². The van der Waals surface area contributed by atoms with Crippen LogP contribution >= 0.6 is 0 Å². The summed E-state index contributed by atoms with van der Waals surface area (Å²) in [4.78, 5) is 11.4. The topological polar surface area (TPSA) is 35.5 Å². The average Bonchev–Trinajstić information content (AvgIpc) is 2.45. The van der Waals surface area contributed by atoms with Crippen LogP contribution in [0.2, 0.25) is 0 Å². The van der Waals surface area contributed by atoms with Crippen molar-refractivity contribution in [3.8, 4) is 0 Å². The van der Waals surface area contributed by atoms with Gasteiger partial charge < -0.3 is 9.47 Å². The first-order chi connectivity index (χ1) is 10.3.